The van der Waals surface area contributed by atoms with Gasteiger partial charge in [-0.15, -0.1) is 0 Å². The van der Waals surface area contributed by atoms with Crippen LogP contribution in [0.3, 0.4) is 0 Å². The number of hydrogen-bond acceptors (Lipinski definition) is 2. The predicted molar refractivity (Wildman–Crippen MR) is 65.1 cm³/mol. The van der Waals surface area contributed by atoms with E-state index in [-0.39, 0.29) is 0 Å². The van der Waals surface area contributed by atoms with Gasteiger partial charge in [0.1, 0.15) is 0 Å². The molecule has 0 aliphatic heterocycles. The van der Waals surface area contributed by atoms with Crippen molar-refractivity contribution in [3.63, 3.8) is 0 Å². The molecule has 1 saturated carbocycles. The molecule has 2 unspecified atom stereocenters. The maximum absolute atomic E-state index is 5.57. The van der Waals surface area contributed by atoms with Gasteiger partial charge in [0, 0.05) is 13.2 Å². The molecule has 0 aromatic rings. The van der Waals surface area contributed by atoms with Gasteiger partial charge in [0.25, 0.3) is 0 Å². The first-order chi connectivity index (χ1) is 7.22. The molecule has 0 aromatic carbocycles. The summed E-state index contributed by atoms with van der Waals surface area (Å²) in [6, 6.07) is 0.549. The van der Waals surface area contributed by atoms with E-state index in [1.54, 1.807) is 0 Å². The third kappa shape index (κ3) is 3.46. The molecule has 1 aliphatic carbocycles. The lowest BCUT2D eigenvalue weighted by atomic mass is 9.77. The van der Waals surface area contributed by atoms with Gasteiger partial charge in [-0.25, -0.2) is 0 Å². The van der Waals surface area contributed by atoms with E-state index in [2.05, 4.69) is 26.2 Å². The highest BCUT2D eigenvalue weighted by molar-refractivity contribution is 4.85. The Morgan fingerprint density at radius 2 is 1.87 bits per heavy atom. The molecule has 2 atom stereocenters. The maximum atomic E-state index is 5.57. The normalized spacial score (nSPS) is 31.2. The van der Waals surface area contributed by atoms with E-state index < -0.39 is 0 Å². The van der Waals surface area contributed by atoms with Crippen molar-refractivity contribution in [3.05, 3.63) is 0 Å². The Labute approximate surface area is 94.8 Å². The van der Waals surface area contributed by atoms with Crippen LogP contribution in [-0.4, -0.2) is 26.3 Å². The lowest BCUT2D eigenvalue weighted by Crippen LogP contribution is -2.45. The summed E-state index contributed by atoms with van der Waals surface area (Å²) < 4.78 is 5.57. The first-order valence-corrected chi connectivity index (χ1v) is 6.42. The molecule has 2 nitrogen and oxygen atoms in total. The average Bonchev–Trinajstić information content (AvgIpc) is 2.27. The molecular weight excluding hydrogens is 186 g/mol. The van der Waals surface area contributed by atoms with Crippen molar-refractivity contribution in [2.75, 3.05) is 14.2 Å². The smallest absolute Gasteiger partial charge is 0.0724 e. The van der Waals surface area contributed by atoms with Crippen LogP contribution < -0.4 is 5.32 Å². The number of likely N-dealkylation sites (N-methyl/N-ethyl adjacent to an activating group) is 1. The molecule has 1 aliphatic rings. The molecule has 90 valence electrons. The summed E-state index contributed by atoms with van der Waals surface area (Å²) in [6.45, 7) is 4.59. The van der Waals surface area contributed by atoms with Crippen molar-refractivity contribution in [1.82, 2.24) is 5.32 Å². The van der Waals surface area contributed by atoms with Gasteiger partial charge in [-0.05, 0) is 38.1 Å². The summed E-state index contributed by atoms with van der Waals surface area (Å²) in [5.41, 5.74) is 0. The number of ether oxygens (including phenoxy) is 1. The van der Waals surface area contributed by atoms with Crippen LogP contribution >= 0.6 is 0 Å². The van der Waals surface area contributed by atoms with Crippen LogP contribution in [0.15, 0.2) is 0 Å². The van der Waals surface area contributed by atoms with Gasteiger partial charge in [0.2, 0.25) is 0 Å². The minimum Gasteiger partial charge on any atom is -0.380 e. The quantitative estimate of drug-likeness (QED) is 0.758. The second-order valence-corrected chi connectivity index (χ2v) is 5.02. The molecule has 15 heavy (non-hydrogen) atoms. The van der Waals surface area contributed by atoms with Crippen LogP contribution in [-0.2, 0) is 4.74 Å². The molecule has 0 radical (unpaired) electrons. The minimum absolute atomic E-state index is 0.383. The minimum atomic E-state index is 0.383. The molecule has 0 saturated heterocycles. The first kappa shape index (κ1) is 13.0. The van der Waals surface area contributed by atoms with Gasteiger partial charge in [-0.1, -0.05) is 26.7 Å². The fraction of sp³-hybridized carbons (Fsp3) is 1.00. The van der Waals surface area contributed by atoms with Crippen LogP contribution in [0.5, 0.6) is 0 Å². The van der Waals surface area contributed by atoms with Crippen molar-refractivity contribution >= 4 is 0 Å². The highest BCUT2D eigenvalue weighted by Crippen LogP contribution is 2.32. The molecule has 1 fully saturated rings. The average molecular weight is 213 g/mol. The van der Waals surface area contributed by atoms with Crippen LogP contribution in [0, 0.1) is 11.8 Å². The monoisotopic (exact) mass is 213 g/mol. The van der Waals surface area contributed by atoms with E-state index in [9.17, 15) is 0 Å². The van der Waals surface area contributed by atoms with Gasteiger partial charge >= 0.3 is 0 Å². The first-order valence-electron chi connectivity index (χ1n) is 6.42. The number of methoxy groups -OCH3 is 1. The molecule has 1 rings (SSSR count). The second-order valence-electron chi connectivity index (χ2n) is 5.02. The topological polar surface area (TPSA) is 21.3 Å². The molecule has 0 aromatic heterocycles. The largest absolute Gasteiger partial charge is 0.380 e. The van der Waals surface area contributed by atoms with Gasteiger partial charge < -0.3 is 10.1 Å². The molecule has 2 heteroatoms. The summed E-state index contributed by atoms with van der Waals surface area (Å²) in [5, 5.41) is 3.46. The van der Waals surface area contributed by atoms with E-state index in [1.165, 1.54) is 25.7 Å². The molecule has 1 N–H and O–H groups in total. The van der Waals surface area contributed by atoms with Crippen LogP contribution in [0.2, 0.25) is 0 Å². The van der Waals surface area contributed by atoms with E-state index in [0.29, 0.717) is 12.1 Å². The molecule has 0 amide bonds. The van der Waals surface area contributed by atoms with Gasteiger partial charge in [-0.2, -0.15) is 0 Å². The summed E-state index contributed by atoms with van der Waals surface area (Å²) in [4.78, 5) is 0. The lowest BCUT2D eigenvalue weighted by Gasteiger charge is -2.36. The Balaban J connectivity index is 2.50. The van der Waals surface area contributed by atoms with E-state index in [1.807, 2.05) is 7.11 Å². The van der Waals surface area contributed by atoms with Crippen molar-refractivity contribution in [3.8, 4) is 0 Å². The Morgan fingerprint density at radius 3 is 2.27 bits per heavy atom. The number of nitrogens with one attached hydrogen (secondary N) is 1. The standard InChI is InChI=1S/C13H27NO/c1-5-12(15-4)13(14-3)11-8-6-10(2)7-9-11/h10-14H,5-9H2,1-4H3. The maximum Gasteiger partial charge on any atom is 0.0724 e. The zero-order valence-electron chi connectivity index (χ0n) is 10.8. The highest BCUT2D eigenvalue weighted by atomic mass is 16.5. The van der Waals surface area contributed by atoms with Crippen LogP contribution in [0.4, 0.5) is 0 Å². The van der Waals surface area contributed by atoms with E-state index in [4.69, 9.17) is 4.74 Å². The highest BCUT2D eigenvalue weighted by Gasteiger charge is 2.29. The third-order valence-corrected chi connectivity index (χ3v) is 4.01. The van der Waals surface area contributed by atoms with Gasteiger partial charge in [0.15, 0.2) is 0 Å². The zero-order chi connectivity index (χ0) is 11.3. The zero-order valence-corrected chi connectivity index (χ0v) is 10.8. The van der Waals surface area contributed by atoms with Crippen molar-refractivity contribution in [2.45, 2.75) is 58.1 Å². The predicted octanol–water partition coefficient (Wildman–Crippen LogP) is 2.83. The SMILES string of the molecule is CCC(OC)C(NC)C1CCC(C)CC1. The summed E-state index contributed by atoms with van der Waals surface area (Å²) in [6.07, 6.45) is 7.01. The Morgan fingerprint density at radius 1 is 1.27 bits per heavy atom. The van der Waals surface area contributed by atoms with Crippen molar-refractivity contribution in [1.29, 1.82) is 0 Å². The summed E-state index contributed by atoms with van der Waals surface area (Å²) in [5.74, 6) is 1.75. The summed E-state index contributed by atoms with van der Waals surface area (Å²) >= 11 is 0. The van der Waals surface area contributed by atoms with E-state index >= 15 is 0 Å². The molecule has 0 bridgehead atoms. The lowest BCUT2D eigenvalue weighted by molar-refractivity contribution is 0.0367. The van der Waals surface area contributed by atoms with Gasteiger partial charge in [0.05, 0.1) is 6.10 Å². The second kappa shape index (κ2) is 6.49. The fourth-order valence-corrected chi connectivity index (χ4v) is 2.94. The van der Waals surface area contributed by atoms with Crippen molar-refractivity contribution in [2.24, 2.45) is 11.8 Å². The Bertz CT molecular complexity index is 160. The van der Waals surface area contributed by atoms with Crippen molar-refractivity contribution < 1.29 is 4.74 Å². The molecular formula is C13H27NO. The van der Waals surface area contributed by atoms with Crippen LogP contribution in [0.25, 0.3) is 0 Å². The van der Waals surface area contributed by atoms with Crippen LogP contribution in [0.1, 0.15) is 46.0 Å². The van der Waals surface area contributed by atoms with Gasteiger partial charge in [-0.3, -0.25) is 0 Å². The number of hydrogen-bond donors (Lipinski definition) is 1. The Hall–Kier alpha value is -0.0800. The third-order valence-electron chi connectivity index (χ3n) is 4.01. The number of rotatable bonds is 5. The molecule has 0 spiro atoms. The summed E-state index contributed by atoms with van der Waals surface area (Å²) in [7, 11) is 3.91. The fourth-order valence-electron chi connectivity index (χ4n) is 2.94. The Kier molecular flexibility index (Phi) is 5.62. The molecule has 0 heterocycles. The van der Waals surface area contributed by atoms with E-state index in [0.717, 1.165) is 18.3 Å².